The molecule has 0 bridgehead atoms. The van der Waals surface area contributed by atoms with Gasteiger partial charge in [-0.2, -0.15) is 5.26 Å². The molecule has 1 aliphatic carbocycles. The Kier molecular flexibility index (Phi) is 7.14. The number of aliphatic imine (C=N–C) groups is 1. The van der Waals surface area contributed by atoms with Crippen molar-refractivity contribution < 1.29 is 9.53 Å². The van der Waals surface area contributed by atoms with Crippen LogP contribution in [0.4, 0.5) is 10.7 Å². The molecule has 6 heteroatoms. The van der Waals surface area contributed by atoms with Crippen molar-refractivity contribution >= 4 is 34.1 Å². The SMILES string of the molecule is CC(C)(C)[C@H]1CCc2c(sc(N=Cc3ccc(OCC#N)cc3)c2C(=O)Nc2ccccc2)C1. The van der Waals surface area contributed by atoms with Crippen LogP contribution in [0.5, 0.6) is 5.75 Å². The van der Waals surface area contributed by atoms with Crippen LogP contribution in [0.25, 0.3) is 0 Å². The summed E-state index contributed by atoms with van der Waals surface area (Å²) in [5.41, 5.74) is 3.75. The number of hydrogen-bond donors (Lipinski definition) is 1. The standard InChI is InChI=1S/C28H29N3O2S/c1-28(2,3)20-11-14-23-24(17-20)34-27(25(23)26(32)31-21-7-5-4-6-8-21)30-18-19-9-12-22(13-10-19)33-16-15-29/h4-10,12-13,18,20H,11,14,16-17H2,1-3H3,(H,31,32)/t20-/m0/s1. The van der Waals surface area contributed by atoms with E-state index >= 15 is 0 Å². The normalized spacial score (nSPS) is 15.5. The van der Waals surface area contributed by atoms with E-state index in [-0.39, 0.29) is 17.9 Å². The number of ether oxygens (including phenoxy) is 1. The predicted molar refractivity (Wildman–Crippen MR) is 138 cm³/mol. The largest absolute Gasteiger partial charge is 0.479 e. The number of carbonyl (C=O) groups is 1. The fourth-order valence-corrected chi connectivity index (χ4v) is 5.52. The van der Waals surface area contributed by atoms with Gasteiger partial charge in [0, 0.05) is 16.8 Å². The van der Waals surface area contributed by atoms with Gasteiger partial charge in [0.25, 0.3) is 5.91 Å². The summed E-state index contributed by atoms with van der Waals surface area (Å²) in [4.78, 5) is 19.4. The molecule has 174 valence electrons. The average Bonchev–Trinajstić information content (AvgIpc) is 3.20. The minimum absolute atomic E-state index is 0.0175. The van der Waals surface area contributed by atoms with Gasteiger partial charge in [0.05, 0.1) is 5.56 Å². The van der Waals surface area contributed by atoms with Crippen molar-refractivity contribution in [3.05, 3.63) is 76.2 Å². The maximum absolute atomic E-state index is 13.4. The van der Waals surface area contributed by atoms with Crippen molar-refractivity contribution in [3.63, 3.8) is 0 Å². The summed E-state index contributed by atoms with van der Waals surface area (Å²) in [5.74, 6) is 1.12. The predicted octanol–water partition coefficient (Wildman–Crippen LogP) is 6.80. The van der Waals surface area contributed by atoms with Gasteiger partial charge in [0.2, 0.25) is 0 Å². The highest BCUT2D eigenvalue weighted by Gasteiger charge is 2.33. The third-order valence-corrected chi connectivity index (χ3v) is 7.41. The lowest BCUT2D eigenvalue weighted by atomic mass is 9.72. The highest BCUT2D eigenvalue weighted by atomic mass is 32.1. The van der Waals surface area contributed by atoms with Crippen molar-refractivity contribution in [1.82, 2.24) is 0 Å². The number of thiophene rings is 1. The van der Waals surface area contributed by atoms with Gasteiger partial charge in [-0.3, -0.25) is 4.79 Å². The zero-order valence-electron chi connectivity index (χ0n) is 19.8. The molecule has 0 unspecified atom stereocenters. The molecule has 34 heavy (non-hydrogen) atoms. The van der Waals surface area contributed by atoms with Gasteiger partial charge in [-0.25, -0.2) is 4.99 Å². The summed E-state index contributed by atoms with van der Waals surface area (Å²) in [6.07, 6.45) is 4.74. The number of hydrogen-bond acceptors (Lipinski definition) is 5. The summed E-state index contributed by atoms with van der Waals surface area (Å²) in [6, 6.07) is 18.9. The Morgan fingerprint density at radius 2 is 1.94 bits per heavy atom. The Hall–Kier alpha value is -3.43. The molecular formula is C28H29N3O2S. The van der Waals surface area contributed by atoms with Crippen molar-refractivity contribution in [2.24, 2.45) is 16.3 Å². The van der Waals surface area contributed by atoms with Gasteiger partial charge >= 0.3 is 0 Å². The van der Waals surface area contributed by atoms with E-state index < -0.39 is 0 Å². The molecule has 2 aromatic carbocycles. The highest BCUT2D eigenvalue weighted by molar-refractivity contribution is 7.16. The van der Waals surface area contributed by atoms with Gasteiger partial charge in [-0.05, 0) is 78.1 Å². The van der Waals surface area contributed by atoms with Crippen LogP contribution >= 0.6 is 11.3 Å². The number of amides is 1. The van der Waals surface area contributed by atoms with Crippen LogP contribution in [-0.4, -0.2) is 18.7 Å². The first-order valence-corrected chi connectivity index (χ1v) is 12.3. The number of benzene rings is 2. The summed E-state index contributed by atoms with van der Waals surface area (Å²) < 4.78 is 5.32. The minimum Gasteiger partial charge on any atom is -0.479 e. The second kappa shape index (κ2) is 10.2. The average molecular weight is 472 g/mol. The molecule has 1 aromatic heterocycles. The van der Waals surface area contributed by atoms with E-state index in [9.17, 15) is 4.79 Å². The van der Waals surface area contributed by atoms with Crippen molar-refractivity contribution in [3.8, 4) is 11.8 Å². The first-order chi connectivity index (χ1) is 16.3. The van der Waals surface area contributed by atoms with Crippen LogP contribution in [0.3, 0.4) is 0 Å². The van der Waals surface area contributed by atoms with E-state index in [0.717, 1.165) is 41.1 Å². The molecule has 4 rings (SSSR count). The first-order valence-electron chi connectivity index (χ1n) is 11.5. The Labute approximate surface area is 205 Å². The molecule has 1 atom stereocenters. The monoisotopic (exact) mass is 471 g/mol. The van der Waals surface area contributed by atoms with Crippen molar-refractivity contribution in [2.45, 2.75) is 40.0 Å². The Balaban J connectivity index is 1.64. The lowest BCUT2D eigenvalue weighted by Gasteiger charge is -2.33. The molecule has 0 aliphatic heterocycles. The van der Waals surface area contributed by atoms with Crippen LogP contribution in [0.2, 0.25) is 0 Å². The van der Waals surface area contributed by atoms with E-state index in [1.165, 1.54) is 4.88 Å². The Bertz CT molecular complexity index is 1220. The lowest BCUT2D eigenvalue weighted by Crippen LogP contribution is -2.27. The first kappa shape index (κ1) is 23.7. The summed E-state index contributed by atoms with van der Waals surface area (Å²) in [7, 11) is 0. The summed E-state index contributed by atoms with van der Waals surface area (Å²) in [6.45, 7) is 6.90. The zero-order chi connectivity index (χ0) is 24.1. The number of nitrogens with zero attached hydrogens (tertiary/aromatic N) is 2. The van der Waals surface area contributed by atoms with E-state index in [4.69, 9.17) is 15.0 Å². The number of nitriles is 1. The van der Waals surface area contributed by atoms with Gasteiger partial charge < -0.3 is 10.1 Å². The fourth-order valence-electron chi connectivity index (χ4n) is 4.25. The summed E-state index contributed by atoms with van der Waals surface area (Å²) in [5, 5.41) is 12.5. The molecule has 3 aromatic rings. The Morgan fingerprint density at radius 3 is 2.62 bits per heavy atom. The topological polar surface area (TPSA) is 74.5 Å². The van der Waals surface area contributed by atoms with Crippen LogP contribution in [0.15, 0.2) is 59.6 Å². The number of anilines is 1. The fraction of sp³-hybridized carbons (Fsp3) is 0.321. The maximum Gasteiger partial charge on any atom is 0.259 e. The minimum atomic E-state index is -0.106. The third-order valence-electron chi connectivity index (χ3n) is 6.24. The van der Waals surface area contributed by atoms with Gasteiger partial charge in [-0.1, -0.05) is 39.0 Å². The van der Waals surface area contributed by atoms with E-state index in [1.807, 2.05) is 60.7 Å². The van der Waals surface area contributed by atoms with Gasteiger partial charge in [0.15, 0.2) is 6.61 Å². The number of nitrogens with one attached hydrogen (secondary N) is 1. The quantitative estimate of drug-likeness (QED) is 0.402. The second-order valence-corrected chi connectivity index (χ2v) is 10.7. The second-order valence-electron chi connectivity index (χ2n) is 9.58. The molecule has 1 amide bonds. The number of rotatable bonds is 6. The van der Waals surface area contributed by atoms with Crippen LogP contribution in [0, 0.1) is 22.7 Å². The molecule has 0 radical (unpaired) electrons. The van der Waals surface area contributed by atoms with E-state index in [0.29, 0.717) is 17.2 Å². The van der Waals surface area contributed by atoms with Crippen LogP contribution < -0.4 is 10.1 Å². The number of fused-ring (bicyclic) bond motifs is 1. The third kappa shape index (κ3) is 5.55. The van der Waals surface area contributed by atoms with Crippen LogP contribution in [0.1, 0.15) is 53.6 Å². The molecule has 0 saturated carbocycles. The van der Waals surface area contributed by atoms with E-state index in [1.54, 1.807) is 17.6 Å². The Morgan fingerprint density at radius 1 is 1.21 bits per heavy atom. The van der Waals surface area contributed by atoms with Gasteiger partial charge in [-0.15, -0.1) is 11.3 Å². The summed E-state index contributed by atoms with van der Waals surface area (Å²) >= 11 is 1.63. The maximum atomic E-state index is 13.4. The van der Waals surface area contributed by atoms with Crippen molar-refractivity contribution in [1.29, 1.82) is 5.26 Å². The zero-order valence-corrected chi connectivity index (χ0v) is 20.6. The molecule has 5 nitrogen and oxygen atoms in total. The van der Waals surface area contributed by atoms with E-state index in [2.05, 4.69) is 26.1 Å². The molecule has 0 fully saturated rings. The smallest absolute Gasteiger partial charge is 0.259 e. The molecular weight excluding hydrogens is 442 g/mol. The number of carbonyl (C=O) groups excluding carboxylic acids is 1. The van der Waals surface area contributed by atoms with Crippen LogP contribution in [-0.2, 0) is 12.8 Å². The molecule has 1 N–H and O–H groups in total. The van der Waals surface area contributed by atoms with Crippen molar-refractivity contribution in [2.75, 3.05) is 11.9 Å². The highest BCUT2D eigenvalue weighted by Crippen LogP contribution is 2.45. The molecule has 0 saturated heterocycles. The number of para-hydroxylation sites is 1. The molecule has 0 spiro atoms. The molecule has 1 aliphatic rings. The molecule has 1 heterocycles. The lowest BCUT2D eigenvalue weighted by molar-refractivity contribution is 0.102. The van der Waals surface area contributed by atoms with Gasteiger partial charge in [0.1, 0.15) is 16.8 Å².